The molecule has 0 fully saturated rings. The van der Waals surface area contributed by atoms with Crippen molar-refractivity contribution in [1.29, 1.82) is 0 Å². The van der Waals surface area contributed by atoms with Gasteiger partial charge in [0.25, 0.3) is 0 Å². The van der Waals surface area contributed by atoms with E-state index in [1.165, 1.54) is 22.0 Å². The summed E-state index contributed by atoms with van der Waals surface area (Å²) in [4.78, 5) is 0. The molecule has 0 bridgehead atoms. The maximum absolute atomic E-state index is 5.82. The van der Waals surface area contributed by atoms with Crippen molar-refractivity contribution < 1.29 is 4.74 Å². The van der Waals surface area contributed by atoms with Crippen LogP contribution in [0.25, 0.3) is 11.1 Å². The molecule has 3 aromatic carbocycles. The molecule has 1 atom stereocenters. The lowest BCUT2D eigenvalue weighted by Crippen LogP contribution is -1.97. The average Bonchev–Trinajstić information content (AvgIpc) is 2.56. The van der Waals surface area contributed by atoms with Crippen molar-refractivity contribution in [3.8, 4) is 16.9 Å². The smallest absolute Gasteiger partial charge is 0.119 e. The standard InChI is InChI=1S/C19H17OP/c21-19-12-6-15(7-13-19)14-20-18-10-8-17(9-11-18)16-4-2-1-3-5-16/h1-13H,14,21H2. The number of ether oxygens (including phenoxy) is 1. The zero-order chi connectivity index (χ0) is 14.5. The highest BCUT2D eigenvalue weighted by Crippen LogP contribution is 2.22. The normalized spacial score (nSPS) is 10.3. The highest BCUT2D eigenvalue weighted by molar-refractivity contribution is 7.27. The summed E-state index contributed by atoms with van der Waals surface area (Å²) in [5, 5.41) is 1.19. The monoisotopic (exact) mass is 292 g/mol. The van der Waals surface area contributed by atoms with Crippen molar-refractivity contribution >= 4 is 14.5 Å². The second-order valence-corrected chi connectivity index (χ2v) is 5.59. The van der Waals surface area contributed by atoms with E-state index in [1.807, 2.05) is 18.2 Å². The van der Waals surface area contributed by atoms with Gasteiger partial charge in [0.1, 0.15) is 12.4 Å². The Morgan fingerprint density at radius 2 is 1.29 bits per heavy atom. The Labute approximate surface area is 127 Å². The Balaban J connectivity index is 1.66. The van der Waals surface area contributed by atoms with Gasteiger partial charge in [0.15, 0.2) is 0 Å². The molecule has 0 radical (unpaired) electrons. The van der Waals surface area contributed by atoms with Crippen LogP contribution in [0.2, 0.25) is 0 Å². The van der Waals surface area contributed by atoms with Gasteiger partial charge in [0, 0.05) is 0 Å². The van der Waals surface area contributed by atoms with Gasteiger partial charge in [-0.05, 0) is 34.1 Å². The van der Waals surface area contributed by atoms with Crippen LogP contribution in [0.4, 0.5) is 0 Å². The predicted octanol–water partition coefficient (Wildman–Crippen LogP) is 4.43. The molecule has 0 aromatic heterocycles. The predicted molar refractivity (Wildman–Crippen MR) is 92.0 cm³/mol. The van der Waals surface area contributed by atoms with Gasteiger partial charge in [-0.25, -0.2) is 0 Å². The molecule has 0 heterocycles. The zero-order valence-electron chi connectivity index (χ0n) is 11.7. The van der Waals surface area contributed by atoms with Crippen LogP contribution in [0.5, 0.6) is 5.75 Å². The first-order chi connectivity index (χ1) is 10.3. The van der Waals surface area contributed by atoms with Crippen LogP contribution < -0.4 is 10.0 Å². The van der Waals surface area contributed by atoms with E-state index < -0.39 is 0 Å². The minimum Gasteiger partial charge on any atom is -0.489 e. The Kier molecular flexibility index (Phi) is 4.33. The largest absolute Gasteiger partial charge is 0.489 e. The Bertz CT molecular complexity index is 688. The number of benzene rings is 3. The van der Waals surface area contributed by atoms with Gasteiger partial charge in [0.2, 0.25) is 0 Å². The fraction of sp³-hybridized carbons (Fsp3) is 0.0526. The third-order valence-corrected chi connectivity index (χ3v) is 3.73. The molecule has 2 heteroatoms. The Morgan fingerprint density at radius 3 is 1.95 bits per heavy atom. The van der Waals surface area contributed by atoms with Gasteiger partial charge < -0.3 is 4.74 Å². The van der Waals surface area contributed by atoms with E-state index in [0.29, 0.717) is 6.61 Å². The minimum atomic E-state index is 0.593. The molecular formula is C19H17OP. The van der Waals surface area contributed by atoms with Crippen molar-refractivity contribution in [2.75, 3.05) is 0 Å². The van der Waals surface area contributed by atoms with E-state index in [-0.39, 0.29) is 0 Å². The van der Waals surface area contributed by atoms with Gasteiger partial charge in [-0.3, -0.25) is 0 Å². The summed E-state index contributed by atoms with van der Waals surface area (Å²) in [6, 6.07) is 26.9. The van der Waals surface area contributed by atoms with Gasteiger partial charge in [0.05, 0.1) is 0 Å². The lowest BCUT2D eigenvalue weighted by molar-refractivity contribution is 0.306. The van der Waals surface area contributed by atoms with E-state index in [2.05, 4.69) is 69.9 Å². The summed E-state index contributed by atoms with van der Waals surface area (Å²) in [5.74, 6) is 0.893. The van der Waals surface area contributed by atoms with E-state index in [0.717, 1.165) is 5.75 Å². The quantitative estimate of drug-likeness (QED) is 0.646. The number of rotatable bonds is 4. The minimum absolute atomic E-state index is 0.593. The van der Waals surface area contributed by atoms with Gasteiger partial charge in [-0.2, -0.15) is 0 Å². The van der Waals surface area contributed by atoms with Crippen molar-refractivity contribution in [3.05, 3.63) is 84.4 Å². The first-order valence-corrected chi connectivity index (χ1v) is 7.52. The summed E-state index contributed by atoms with van der Waals surface area (Å²) in [7, 11) is 2.69. The van der Waals surface area contributed by atoms with Crippen LogP contribution in [0.15, 0.2) is 78.9 Å². The van der Waals surface area contributed by atoms with E-state index in [9.17, 15) is 0 Å². The molecular weight excluding hydrogens is 275 g/mol. The van der Waals surface area contributed by atoms with Crippen LogP contribution >= 0.6 is 9.24 Å². The molecule has 0 aliphatic rings. The molecule has 1 unspecified atom stereocenters. The van der Waals surface area contributed by atoms with Gasteiger partial charge in [-0.1, -0.05) is 66.7 Å². The Morgan fingerprint density at radius 1 is 0.667 bits per heavy atom. The summed E-state index contributed by atoms with van der Waals surface area (Å²) < 4.78 is 5.82. The molecule has 0 N–H and O–H groups in total. The molecule has 3 rings (SSSR count). The van der Waals surface area contributed by atoms with Crippen molar-refractivity contribution in [2.45, 2.75) is 6.61 Å². The first kappa shape index (κ1) is 13.9. The fourth-order valence-corrected chi connectivity index (χ4v) is 2.35. The fourth-order valence-electron chi connectivity index (χ4n) is 2.15. The number of hydrogen-bond acceptors (Lipinski definition) is 1. The summed E-state index contributed by atoms with van der Waals surface area (Å²) >= 11 is 0. The molecule has 0 amide bonds. The molecule has 0 spiro atoms. The molecule has 0 saturated carbocycles. The maximum atomic E-state index is 5.82. The van der Waals surface area contributed by atoms with Crippen LogP contribution in [-0.2, 0) is 6.61 Å². The Hall–Kier alpha value is -2.11. The van der Waals surface area contributed by atoms with Crippen LogP contribution in [0.1, 0.15) is 5.56 Å². The number of hydrogen-bond donors (Lipinski definition) is 0. The molecule has 0 aliphatic carbocycles. The SMILES string of the molecule is Pc1ccc(COc2ccc(-c3ccccc3)cc2)cc1. The molecule has 1 nitrogen and oxygen atoms in total. The van der Waals surface area contributed by atoms with Crippen molar-refractivity contribution in [2.24, 2.45) is 0 Å². The van der Waals surface area contributed by atoms with Crippen LogP contribution in [0, 0.1) is 0 Å². The molecule has 3 aromatic rings. The zero-order valence-corrected chi connectivity index (χ0v) is 12.9. The van der Waals surface area contributed by atoms with Crippen LogP contribution in [0.3, 0.4) is 0 Å². The highest BCUT2D eigenvalue weighted by Gasteiger charge is 1.99. The average molecular weight is 292 g/mol. The van der Waals surface area contributed by atoms with Crippen LogP contribution in [-0.4, -0.2) is 0 Å². The second kappa shape index (κ2) is 6.56. The summed E-state index contributed by atoms with van der Waals surface area (Å²) in [5.41, 5.74) is 3.60. The maximum Gasteiger partial charge on any atom is 0.119 e. The first-order valence-electron chi connectivity index (χ1n) is 6.94. The molecule has 104 valence electrons. The van der Waals surface area contributed by atoms with E-state index in [4.69, 9.17) is 4.74 Å². The summed E-state index contributed by atoms with van der Waals surface area (Å²) in [6.07, 6.45) is 0. The van der Waals surface area contributed by atoms with Crippen molar-refractivity contribution in [3.63, 3.8) is 0 Å². The highest BCUT2D eigenvalue weighted by atomic mass is 31.0. The van der Waals surface area contributed by atoms with Gasteiger partial charge >= 0.3 is 0 Å². The summed E-state index contributed by atoms with van der Waals surface area (Å²) in [6.45, 7) is 0.593. The van der Waals surface area contributed by atoms with E-state index in [1.54, 1.807) is 0 Å². The third kappa shape index (κ3) is 3.71. The van der Waals surface area contributed by atoms with E-state index >= 15 is 0 Å². The lowest BCUT2D eigenvalue weighted by Gasteiger charge is -2.08. The third-order valence-electron chi connectivity index (χ3n) is 3.35. The molecule has 0 aliphatic heterocycles. The molecule has 0 saturated heterocycles. The lowest BCUT2D eigenvalue weighted by atomic mass is 10.1. The van der Waals surface area contributed by atoms with Crippen molar-refractivity contribution in [1.82, 2.24) is 0 Å². The topological polar surface area (TPSA) is 9.23 Å². The molecule has 21 heavy (non-hydrogen) atoms. The second-order valence-electron chi connectivity index (χ2n) is 4.92. The van der Waals surface area contributed by atoms with Gasteiger partial charge in [-0.15, -0.1) is 9.24 Å².